The molecule has 1 heterocycles. The predicted octanol–water partition coefficient (Wildman–Crippen LogP) is 3.08. The monoisotopic (exact) mass is 547 g/mol. The van der Waals surface area contributed by atoms with Gasteiger partial charge in [-0.3, -0.25) is 19.3 Å². The number of likely N-dealkylation sites (tertiary alicyclic amines) is 1. The van der Waals surface area contributed by atoms with Crippen molar-refractivity contribution >= 4 is 45.5 Å². The Bertz CT molecular complexity index is 1130. The third-order valence-electron chi connectivity index (χ3n) is 6.24. The van der Waals surface area contributed by atoms with E-state index in [2.05, 4.69) is 15.9 Å². The molecule has 0 saturated carbocycles. The van der Waals surface area contributed by atoms with Crippen LogP contribution in [0.4, 0.5) is 10.5 Å². The number of carbonyl (C=O) groups is 4. The van der Waals surface area contributed by atoms with Crippen molar-refractivity contribution in [1.82, 2.24) is 4.90 Å². The number of methoxy groups -OCH3 is 1. The highest BCUT2D eigenvalue weighted by Crippen LogP contribution is 2.37. The molecule has 0 radical (unpaired) electrons. The van der Waals surface area contributed by atoms with Crippen molar-refractivity contribution < 1.29 is 34.1 Å². The average Bonchev–Trinajstić information content (AvgIpc) is 2.83. The lowest BCUT2D eigenvalue weighted by Crippen LogP contribution is -2.49. The van der Waals surface area contributed by atoms with Gasteiger partial charge >= 0.3 is 18.0 Å². The summed E-state index contributed by atoms with van der Waals surface area (Å²) >= 11 is 3.36. The van der Waals surface area contributed by atoms with Gasteiger partial charge in [0, 0.05) is 29.7 Å². The van der Waals surface area contributed by atoms with Gasteiger partial charge in [-0.15, -0.1) is 0 Å². The maximum Gasteiger partial charge on any atom is 0.319 e. The molecule has 2 aromatic carbocycles. The standard InChI is InChI=1S/C24H26BrN3O7/c1-35-19-14-15(2-7-18(19)28(23(26)34)11-8-20(29)30)21(31)27-12-9-24(10-13-27,22(32)33)16-3-5-17(25)6-4-16/h2-7,14H,8-13H2,1H3,(H2,26,34)(H,29,30)(H,32,33). The van der Waals surface area contributed by atoms with Gasteiger partial charge in [0.15, 0.2) is 0 Å². The number of anilines is 1. The van der Waals surface area contributed by atoms with Crippen LogP contribution in [-0.2, 0) is 15.0 Å². The Morgan fingerprint density at radius 1 is 1.09 bits per heavy atom. The van der Waals surface area contributed by atoms with Gasteiger partial charge in [-0.05, 0) is 48.7 Å². The van der Waals surface area contributed by atoms with Crippen LogP contribution in [0, 0.1) is 0 Å². The van der Waals surface area contributed by atoms with Crippen LogP contribution in [0.3, 0.4) is 0 Å². The third kappa shape index (κ3) is 5.56. The number of piperidine rings is 1. The number of nitrogens with two attached hydrogens (primary N) is 1. The van der Waals surface area contributed by atoms with E-state index in [1.807, 2.05) is 0 Å². The summed E-state index contributed by atoms with van der Waals surface area (Å²) in [5.74, 6) is -2.13. The van der Waals surface area contributed by atoms with Crippen LogP contribution in [-0.4, -0.2) is 65.7 Å². The van der Waals surface area contributed by atoms with Crippen LogP contribution in [0.2, 0.25) is 0 Å². The number of amides is 3. The number of ether oxygens (including phenoxy) is 1. The molecule has 0 spiro atoms. The third-order valence-corrected chi connectivity index (χ3v) is 6.77. The van der Waals surface area contributed by atoms with E-state index in [9.17, 15) is 24.3 Å². The molecule has 0 atom stereocenters. The zero-order chi connectivity index (χ0) is 25.8. The Hall–Kier alpha value is -3.60. The fourth-order valence-corrected chi connectivity index (χ4v) is 4.52. The quantitative estimate of drug-likeness (QED) is 0.459. The van der Waals surface area contributed by atoms with Gasteiger partial charge in [0.1, 0.15) is 5.75 Å². The maximum atomic E-state index is 13.2. The Kier molecular flexibility index (Phi) is 8.00. The first-order valence-corrected chi connectivity index (χ1v) is 11.6. The smallest absolute Gasteiger partial charge is 0.319 e. The Balaban J connectivity index is 1.80. The van der Waals surface area contributed by atoms with Crippen LogP contribution in [0.5, 0.6) is 5.75 Å². The van der Waals surface area contributed by atoms with E-state index in [1.54, 1.807) is 29.2 Å². The number of carbonyl (C=O) groups excluding carboxylic acids is 2. The van der Waals surface area contributed by atoms with E-state index in [1.165, 1.54) is 25.3 Å². The first-order valence-electron chi connectivity index (χ1n) is 10.8. The zero-order valence-corrected chi connectivity index (χ0v) is 20.7. The molecule has 1 fully saturated rings. The molecule has 0 aromatic heterocycles. The fourth-order valence-electron chi connectivity index (χ4n) is 4.26. The first-order chi connectivity index (χ1) is 16.6. The molecule has 186 valence electrons. The molecule has 1 aliphatic rings. The van der Waals surface area contributed by atoms with Crippen molar-refractivity contribution in [3.8, 4) is 5.75 Å². The van der Waals surface area contributed by atoms with Gasteiger partial charge < -0.3 is 25.6 Å². The summed E-state index contributed by atoms with van der Waals surface area (Å²) in [4.78, 5) is 50.9. The van der Waals surface area contributed by atoms with E-state index >= 15 is 0 Å². The molecule has 0 unspecified atom stereocenters. The Morgan fingerprint density at radius 2 is 1.71 bits per heavy atom. The van der Waals surface area contributed by atoms with E-state index in [0.717, 1.165) is 9.37 Å². The molecule has 3 amide bonds. The summed E-state index contributed by atoms with van der Waals surface area (Å²) in [5.41, 5.74) is 5.57. The van der Waals surface area contributed by atoms with Gasteiger partial charge in [0.2, 0.25) is 0 Å². The molecular formula is C24H26BrN3O7. The number of benzene rings is 2. The number of urea groups is 1. The number of hydrogen-bond donors (Lipinski definition) is 3. The lowest BCUT2D eigenvalue weighted by Gasteiger charge is -2.39. The number of halogens is 1. The van der Waals surface area contributed by atoms with Gasteiger partial charge in [0.25, 0.3) is 5.91 Å². The molecule has 2 aromatic rings. The number of carboxylic acids is 2. The summed E-state index contributed by atoms with van der Waals surface area (Å²) in [5, 5.41) is 19.0. The summed E-state index contributed by atoms with van der Waals surface area (Å²) in [7, 11) is 1.36. The molecule has 1 saturated heterocycles. The minimum Gasteiger partial charge on any atom is -0.495 e. The van der Waals surface area contributed by atoms with Crippen LogP contribution in [0.1, 0.15) is 35.2 Å². The molecule has 35 heavy (non-hydrogen) atoms. The fraction of sp³-hybridized carbons (Fsp3) is 0.333. The largest absolute Gasteiger partial charge is 0.495 e. The Morgan fingerprint density at radius 3 is 2.23 bits per heavy atom. The van der Waals surface area contributed by atoms with E-state index in [4.69, 9.17) is 15.6 Å². The number of aliphatic carboxylic acids is 2. The summed E-state index contributed by atoms with van der Waals surface area (Å²) < 4.78 is 6.20. The maximum absolute atomic E-state index is 13.2. The SMILES string of the molecule is COc1cc(C(=O)N2CCC(C(=O)O)(c3ccc(Br)cc3)CC2)ccc1N(CCC(=O)O)C(N)=O. The molecule has 3 rings (SSSR count). The minimum absolute atomic E-state index is 0.159. The van der Waals surface area contributed by atoms with Crippen molar-refractivity contribution in [1.29, 1.82) is 0 Å². The molecule has 0 aliphatic carbocycles. The topological polar surface area (TPSA) is 150 Å². The van der Waals surface area contributed by atoms with E-state index < -0.39 is 23.4 Å². The van der Waals surface area contributed by atoms with Gasteiger partial charge in [0.05, 0.1) is 24.6 Å². The van der Waals surface area contributed by atoms with Crippen molar-refractivity contribution in [3.05, 3.63) is 58.1 Å². The number of carboxylic acid groups (broad SMARTS) is 2. The second-order valence-corrected chi connectivity index (χ2v) is 9.12. The summed E-state index contributed by atoms with van der Waals surface area (Å²) in [6.45, 7) is 0.336. The zero-order valence-electron chi connectivity index (χ0n) is 19.1. The molecule has 1 aliphatic heterocycles. The summed E-state index contributed by atoms with van der Waals surface area (Å²) in [6.07, 6.45) is 0.204. The lowest BCUT2D eigenvalue weighted by atomic mass is 9.72. The number of primary amides is 1. The Labute approximate surface area is 210 Å². The van der Waals surface area contributed by atoms with E-state index in [0.29, 0.717) is 11.1 Å². The average molecular weight is 548 g/mol. The predicted molar refractivity (Wildman–Crippen MR) is 131 cm³/mol. The van der Waals surface area contributed by atoms with Crippen LogP contribution >= 0.6 is 15.9 Å². The second-order valence-electron chi connectivity index (χ2n) is 8.21. The first kappa shape index (κ1) is 26.0. The van der Waals surface area contributed by atoms with Crippen LogP contribution in [0.25, 0.3) is 0 Å². The van der Waals surface area contributed by atoms with Crippen molar-refractivity contribution in [2.24, 2.45) is 5.73 Å². The number of rotatable bonds is 8. The number of hydrogen-bond acceptors (Lipinski definition) is 5. The van der Waals surface area contributed by atoms with Gasteiger partial charge in [-0.2, -0.15) is 0 Å². The minimum atomic E-state index is -1.09. The second kappa shape index (κ2) is 10.8. The molecule has 11 heteroatoms. The van der Waals surface area contributed by atoms with Crippen molar-refractivity contribution in [2.45, 2.75) is 24.7 Å². The molecule has 10 nitrogen and oxygen atoms in total. The van der Waals surface area contributed by atoms with Crippen LogP contribution in [0.15, 0.2) is 46.9 Å². The highest BCUT2D eigenvalue weighted by molar-refractivity contribution is 9.10. The van der Waals surface area contributed by atoms with Gasteiger partial charge in [-0.25, -0.2) is 4.79 Å². The molecule has 4 N–H and O–H groups in total. The molecular weight excluding hydrogens is 522 g/mol. The van der Waals surface area contributed by atoms with Crippen molar-refractivity contribution in [3.63, 3.8) is 0 Å². The van der Waals surface area contributed by atoms with Gasteiger partial charge in [-0.1, -0.05) is 28.1 Å². The summed E-state index contributed by atoms with van der Waals surface area (Å²) in [6, 6.07) is 10.8. The molecule has 0 bridgehead atoms. The van der Waals surface area contributed by atoms with Crippen molar-refractivity contribution in [2.75, 3.05) is 31.6 Å². The lowest BCUT2D eigenvalue weighted by molar-refractivity contribution is -0.145. The normalized spacial score (nSPS) is 14.7. The highest BCUT2D eigenvalue weighted by atomic mass is 79.9. The van der Waals surface area contributed by atoms with E-state index in [-0.39, 0.29) is 56.2 Å². The van der Waals surface area contributed by atoms with Crippen LogP contribution < -0.4 is 15.4 Å². The highest BCUT2D eigenvalue weighted by Gasteiger charge is 2.44. The number of nitrogens with zero attached hydrogens (tertiary/aromatic N) is 2.